The van der Waals surface area contributed by atoms with Gasteiger partial charge >= 0.3 is 0 Å². The van der Waals surface area contributed by atoms with Gasteiger partial charge in [0.15, 0.2) is 0 Å². The minimum Gasteiger partial charge on any atom is -0.353 e. The second-order valence-electron chi connectivity index (χ2n) is 5.76. The van der Waals surface area contributed by atoms with Gasteiger partial charge in [0.05, 0.1) is 10.7 Å². The average molecular weight is 346 g/mol. The second-order valence-corrected chi connectivity index (χ2v) is 6.16. The van der Waals surface area contributed by atoms with Crippen molar-refractivity contribution >= 4 is 34.8 Å². The number of aryl methyl sites for hydroxylation is 1. The summed E-state index contributed by atoms with van der Waals surface area (Å²) in [5.41, 5.74) is 0.810. The molecular formula is C17H20ClN5O. The van der Waals surface area contributed by atoms with Crippen molar-refractivity contribution in [1.29, 1.82) is 0 Å². The van der Waals surface area contributed by atoms with Gasteiger partial charge < -0.3 is 15.1 Å². The van der Waals surface area contributed by atoms with E-state index in [0.717, 1.165) is 24.6 Å². The second kappa shape index (κ2) is 7.05. The van der Waals surface area contributed by atoms with Crippen molar-refractivity contribution in [3.63, 3.8) is 0 Å². The van der Waals surface area contributed by atoms with E-state index in [0.29, 0.717) is 29.8 Å². The number of benzene rings is 1. The van der Waals surface area contributed by atoms with Crippen molar-refractivity contribution < 1.29 is 4.79 Å². The Morgan fingerprint density at radius 1 is 1.17 bits per heavy atom. The summed E-state index contributed by atoms with van der Waals surface area (Å²) in [4.78, 5) is 24.4. The summed E-state index contributed by atoms with van der Waals surface area (Å²) in [6.07, 6.45) is 0. The van der Waals surface area contributed by atoms with Crippen LogP contribution in [0.1, 0.15) is 12.7 Å². The number of piperazine rings is 1. The first-order valence-corrected chi connectivity index (χ1v) is 8.28. The van der Waals surface area contributed by atoms with Crippen LogP contribution in [0, 0.1) is 6.92 Å². The lowest BCUT2D eigenvalue weighted by atomic mass is 10.3. The summed E-state index contributed by atoms with van der Waals surface area (Å²) in [6.45, 7) is 6.43. The predicted octanol–water partition coefficient (Wildman–Crippen LogP) is 2.85. The lowest BCUT2D eigenvalue weighted by Gasteiger charge is -2.35. The minimum atomic E-state index is 0.120. The smallest absolute Gasteiger partial charge is 0.219 e. The van der Waals surface area contributed by atoms with Crippen molar-refractivity contribution in [3.8, 4) is 0 Å². The molecule has 1 aromatic heterocycles. The number of para-hydroxylation sites is 1. The quantitative estimate of drug-likeness (QED) is 0.926. The highest BCUT2D eigenvalue weighted by Gasteiger charge is 2.20. The van der Waals surface area contributed by atoms with Crippen LogP contribution < -0.4 is 10.2 Å². The van der Waals surface area contributed by atoms with E-state index in [1.54, 1.807) is 6.92 Å². The van der Waals surface area contributed by atoms with Crippen molar-refractivity contribution in [2.24, 2.45) is 0 Å². The number of amides is 1. The topological polar surface area (TPSA) is 61.4 Å². The average Bonchev–Trinajstić information content (AvgIpc) is 2.56. The number of hydrogen-bond donors (Lipinski definition) is 1. The van der Waals surface area contributed by atoms with Gasteiger partial charge in [0, 0.05) is 39.2 Å². The standard InChI is InChI=1S/C17H20ClN5O/c1-12-19-16(21-15-6-4-3-5-14(15)18)11-17(20-12)23-9-7-22(8-10-23)13(2)24/h3-6,11H,7-10H2,1-2H3,(H,19,20,21). The monoisotopic (exact) mass is 345 g/mol. The Kier molecular flexibility index (Phi) is 4.85. The molecule has 2 aromatic rings. The van der Waals surface area contributed by atoms with E-state index in [1.165, 1.54) is 0 Å². The van der Waals surface area contributed by atoms with Gasteiger partial charge in [-0.1, -0.05) is 23.7 Å². The fraction of sp³-hybridized carbons (Fsp3) is 0.353. The van der Waals surface area contributed by atoms with Crippen molar-refractivity contribution in [2.45, 2.75) is 13.8 Å². The molecule has 0 atom stereocenters. The molecule has 1 aliphatic heterocycles. The van der Waals surface area contributed by atoms with Crippen LogP contribution in [-0.4, -0.2) is 47.0 Å². The molecule has 0 spiro atoms. The van der Waals surface area contributed by atoms with Gasteiger partial charge in [-0.05, 0) is 19.1 Å². The predicted molar refractivity (Wildman–Crippen MR) is 96.0 cm³/mol. The molecule has 0 radical (unpaired) electrons. The Balaban J connectivity index is 1.77. The molecule has 1 aromatic carbocycles. The van der Waals surface area contributed by atoms with Crippen LogP contribution in [-0.2, 0) is 4.79 Å². The lowest BCUT2D eigenvalue weighted by molar-refractivity contribution is -0.129. The maximum Gasteiger partial charge on any atom is 0.219 e. The molecule has 1 saturated heterocycles. The number of halogens is 1. The fourth-order valence-electron chi connectivity index (χ4n) is 2.73. The van der Waals surface area contributed by atoms with Crippen molar-refractivity contribution in [2.75, 3.05) is 36.4 Å². The molecule has 24 heavy (non-hydrogen) atoms. The minimum absolute atomic E-state index is 0.120. The van der Waals surface area contributed by atoms with E-state index in [-0.39, 0.29) is 5.91 Å². The van der Waals surface area contributed by atoms with E-state index in [1.807, 2.05) is 42.2 Å². The van der Waals surface area contributed by atoms with Crippen LogP contribution in [0.15, 0.2) is 30.3 Å². The van der Waals surface area contributed by atoms with E-state index in [9.17, 15) is 4.79 Å². The highest BCUT2D eigenvalue weighted by molar-refractivity contribution is 6.33. The van der Waals surface area contributed by atoms with E-state index < -0.39 is 0 Å². The molecule has 0 bridgehead atoms. The first-order chi connectivity index (χ1) is 11.5. The van der Waals surface area contributed by atoms with Gasteiger partial charge in [0.1, 0.15) is 17.5 Å². The third-order valence-electron chi connectivity index (χ3n) is 4.01. The molecule has 1 aliphatic rings. The number of carbonyl (C=O) groups excluding carboxylic acids is 1. The third-order valence-corrected chi connectivity index (χ3v) is 4.34. The Hall–Kier alpha value is -2.34. The van der Waals surface area contributed by atoms with Crippen LogP contribution in [0.4, 0.5) is 17.3 Å². The highest BCUT2D eigenvalue weighted by atomic mass is 35.5. The highest BCUT2D eigenvalue weighted by Crippen LogP contribution is 2.26. The molecule has 7 heteroatoms. The number of rotatable bonds is 3. The molecule has 0 saturated carbocycles. The summed E-state index contributed by atoms with van der Waals surface area (Å²) in [5, 5.41) is 3.89. The molecule has 1 N–H and O–H groups in total. The van der Waals surface area contributed by atoms with E-state index in [4.69, 9.17) is 11.6 Å². The number of nitrogens with zero attached hydrogens (tertiary/aromatic N) is 4. The number of carbonyl (C=O) groups is 1. The summed E-state index contributed by atoms with van der Waals surface area (Å²) < 4.78 is 0. The zero-order valence-electron chi connectivity index (χ0n) is 13.8. The largest absolute Gasteiger partial charge is 0.353 e. The van der Waals surface area contributed by atoms with Crippen LogP contribution in [0.25, 0.3) is 0 Å². The lowest BCUT2D eigenvalue weighted by Crippen LogP contribution is -2.48. The molecule has 2 heterocycles. The molecular weight excluding hydrogens is 326 g/mol. The molecule has 0 unspecified atom stereocenters. The van der Waals surface area contributed by atoms with Crippen LogP contribution in [0.3, 0.4) is 0 Å². The zero-order valence-corrected chi connectivity index (χ0v) is 14.5. The Bertz CT molecular complexity index is 744. The molecule has 1 fully saturated rings. The van der Waals surface area contributed by atoms with Crippen molar-refractivity contribution in [1.82, 2.24) is 14.9 Å². The van der Waals surface area contributed by atoms with Gasteiger partial charge in [-0.15, -0.1) is 0 Å². The van der Waals surface area contributed by atoms with Gasteiger partial charge in [0.25, 0.3) is 0 Å². The van der Waals surface area contributed by atoms with Crippen LogP contribution >= 0.6 is 11.6 Å². The molecule has 6 nitrogen and oxygen atoms in total. The van der Waals surface area contributed by atoms with Crippen LogP contribution in [0.2, 0.25) is 5.02 Å². The molecule has 3 rings (SSSR count). The van der Waals surface area contributed by atoms with Gasteiger partial charge in [-0.2, -0.15) is 0 Å². The van der Waals surface area contributed by atoms with Gasteiger partial charge in [-0.25, -0.2) is 9.97 Å². The number of nitrogens with one attached hydrogen (secondary N) is 1. The zero-order chi connectivity index (χ0) is 17.1. The number of hydrogen-bond acceptors (Lipinski definition) is 5. The maximum atomic E-state index is 11.4. The molecule has 0 aliphatic carbocycles. The summed E-state index contributed by atoms with van der Waals surface area (Å²) in [7, 11) is 0. The summed E-state index contributed by atoms with van der Waals surface area (Å²) >= 11 is 6.19. The summed E-state index contributed by atoms with van der Waals surface area (Å²) in [5.74, 6) is 2.38. The van der Waals surface area contributed by atoms with E-state index >= 15 is 0 Å². The first-order valence-electron chi connectivity index (χ1n) is 7.90. The first kappa shape index (κ1) is 16.5. The van der Waals surface area contributed by atoms with Gasteiger partial charge in [0.2, 0.25) is 5.91 Å². The van der Waals surface area contributed by atoms with Crippen molar-refractivity contribution in [3.05, 3.63) is 41.2 Å². The number of aromatic nitrogens is 2. The van der Waals surface area contributed by atoms with E-state index in [2.05, 4.69) is 20.2 Å². The molecule has 1 amide bonds. The SMILES string of the molecule is CC(=O)N1CCN(c2cc(Nc3ccccc3Cl)nc(C)n2)CC1. The maximum absolute atomic E-state index is 11.4. The van der Waals surface area contributed by atoms with Crippen LogP contribution in [0.5, 0.6) is 0 Å². The fourth-order valence-corrected chi connectivity index (χ4v) is 2.91. The molecule has 126 valence electrons. The Morgan fingerprint density at radius 3 is 2.54 bits per heavy atom. The normalized spacial score (nSPS) is 14.6. The Labute approximate surface area is 146 Å². The van der Waals surface area contributed by atoms with Gasteiger partial charge in [-0.3, -0.25) is 4.79 Å². The Morgan fingerprint density at radius 2 is 1.88 bits per heavy atom. The third kappa shape index (κ3) is 3.76. The number of anilines is 3. The summed E-state index contributed by atoms with van der Waals surface area (Å²) in [6, 6.07) is 9.47.